The highest BCUT2D eigenvalue weighted by molar-refractivity contribution is 9.10. The summed E-state index contributed by atoms with van der Waals surface area (Å²) in [6, 6.07) is 0.962. The van der Waals surface area contributed by atoms with Crippen LogP contribution in [0.4, 0.5) is 4.39 Å². The quantitative estimate of drug-likeness (QED) is 0.612. The molecular formula is C12H15BrFN5O. The number of aromatic nitrogens is 3. The maximum Gasteiger partial charge on any atom is 0.141 e. The molecule has 0 amide bonds. The van der Waals surface area contributed by atoms with Crippen molar-refractivity contribution in [2.75, 3.05) is 13.7 Å². The topological polar surface area (TPSA) is 78.0 Å². The van der Waals surface area contributed by atoms with Gasteiger partial charge in [-0.25, -0.2) is 9.82 Å². The number of halogens is 2. The Hall–Kier alpha value is -1.35. The molecule has 1 unspecified atom stereocenters. The molecule has 0 fully saturated rings. The molecule has 3 N–H and O–H groups in total. The van der Waals surface area contributed by atoms with Crippen LogP contribution < -0.4 is 11.3 Å². The Morgan fingerprint density at radius 3 is 2.95 bits per heavy atom. The van der Waals surface area contributed by atoms with Crippen LogP contribution in [0.15, 0.2) is 29.1 Å². The summed E-state index contributed by atoms with van der Waals surface area (Å²) in [5, 5.41) is 4.25. The first-order valence-electron chi connectivity index (χ1n) is 5.94. The summed E-state index contributed by atoms with van der Waals surface area (Å²) in [7, 11) is 1.62. The van der Waals surface area contributed by atoms with Gasteiger partial charge in [0.05, 0.1) is 41.8 Å². The maximum absolute atomic E-state index is 13.3. The normalized spacial score (nSPS) is 12.6. The molecule has 2 aromatic heterocycles. The summed E-state index contributed by atoms with van der Waals surface area (Å²) >= 11 is 3.43. The fraction of sp³-hybridized carbons (Fsp3) is 0.333. The predicted molar refractivity (Wildman–Crippen MR) is 75.2 cm³/mol. The first-order chi connectivity index (χ1) is 9.67. The van der Waals surface area contributed by atoms with Crippen molar-refractivity contribution in [3.63, 3.8) is 0 Å². The number of rotatable bonds is 6. The third-order valence-corrected chi connectivity index (χ3v) is 3.45. The van der Waals surface area contributed by atoms with E-state index in [1.807, 2.05) is 0 Å². The van der Waals surface area contributed by atoms with E-state index in [9.17, 15) is 4.39 Å². The smallest absolute Gasteiger partial charge is 0.141 e. The second-order valence-corrected chi connectivity index (χ2v) is 4.98. The third kappa shape index (κ3) is 3.21. The van der Waals surface area contributed by atoms with Crippen LogP contribution in [0.1, 0.15) is 17.3 Å². The summed E-state index contributed by atoms with van der Waals surface area (Å²) in [5.74, 6) is 5.20. The molecule has 0 aromatic carbocycles. The minimum absolute atomic E-state index is 0.415. The molecule has 0 spiro atoms. The van der Waals surface area contributed by atoms with Gasteiger partial charge in [-0.05, 0) is 27.6 Å². The molecular weight excluding hydrogens is 329 g/mol. The van der Waals surface area contributed by atoms with Crippen LogP contribution in [0.2, 0.25) is 0 Å². The molecule has 0 saturated heterocycles. The van der Waals surface area contributed by atoms with E-state index in [-0.39, 0.29) is 0 Å². The van der Waals surface area contributed by atoms with Crippen LogP contribution in [0.3, 0.4) is 0 Å². The van der Waals surface area contributed by atoms with Gasteiger partial charge in [-0.15, -0.1) is 0 Å². The van der Waals surface area contributed by atoms with Gasteiger partial charge in [0.1, 0.15) is 5.82 Å². The van der Waals surface area contributed by atoms with Crippen molar-refractivity contribution in [1.29, 1.82) is 0 Å². The lowest BCUT2D eigenvalue weighted by Gasteiger charge is -2.18. The molecule has 20 heavy (non-hydrogen) atoms. The van der Waals surface area contributed by atoms with E-state index in [2.05, 4.69) is 31.4 Å². The standard InChI is InChI=1S/C12H15BrFN5O/c1-20-3-2-19-12(10(13)7-17-19)11(18-15)8-4-9(14)6-16-5-8/h4-7,11,18H,2-3,15H2,1H3. The van der Waals surface area contributed by atoms with Crippen LogP contribution in [0, 0.1) is 5.82 Å². The fourth-order valence-electron chi connectivity index (χ4n) is 1.93. The molecule has 0 bridgehead atoms. The minimum Gasteiger partial charge on any atom is -0.383 e. The molecule has 108 valence electrons. The zero-order chi connectivity index (χ0) is 14.5. The summed E-state index contributed by atoms with van der Waals surface area (Å²) in [6.45, 7) is 1.08. The Labute approximate surface area is 124 Å². The maximum atomic E-state index is 13.3. The molecule has 0 aliphatic rings. The van der Waals surface area contributed by atoms with Crippen molar-refractivity contribution in [3.8, 4) is 0 Å². The number of pyridine rings is 1. The lowest BCUT2D eigenvalue weighted by Crippen LogP contribution is -2.31. The van der Waals surface area contributed by atoms with Gasteiger partial charge in [-0.2, -0.15) is 5.10 Å². The Kier molecular flexibility index (Phi) is 5.18. The van der Waals surface area contributed by atoms with E-state index in [1.54, 1.807) is 24.2 Å². The van der Waals surface area contributed by atoms with Crippen LogP contribution in [-0.2, 0) is 11.3 Å². The van der Waals surface area contributed by atoms with Gasteiger partial charge >= 0.3 is 0 Å². The van der Waals surface area contributed by atoms with Gasteiger partial charge in [0.15, 0.2) is 0 Å². The van der Waals surface area contributed by atoms with E-state index in [0.717, 1.165) is 16.4 Å². The molecule has 0 aliphatic carbocycles. The van der Waals surface area contributed by atoms with Gasteiger partial charge in [-0.3, -0.25) is 15.5 Å². The Morgan fingerprint density at radius 1 is 1.50 bits per heavy atom. The molecule has 2 aromatic rings. The SMILES string of the molecule is COCCn1ncc(Br)c1C(NN)c1cncc(F)c1. The highest BCUT2D eigenvalue weighted by atomic mass is 79.9. The molecule has 0 radical (unpaired) electrons. The number of nitrogens with two attached hydrogens (primary N) is 1. The van der Waals surface area contributed by atoms with E-state index in [0.29, 0.717) is 18.7 Å². The highest BCUT2D eigenvalue weighted by Crippen LogP contribution is 2.28. The minimum atomic E-state index is -0.424. The number of hydrogen-bond donors (Lipinski definition) is 2. The van der Waals surface area contributed by atoms with Gasteiger partial charge < -0.3 is 4.74 Å². The number of nitrogens with one attached hydrogen (secondary N) is 1. The lowest BCUT2D eigenvalue weighted by atomic mass is 10.1. The van der Waals surface area contributed by atoms with Crippen molar-refractivity contribution < 1.29 is 9.13 Å². The summed E-state index contributed by atoms with van der Waals surface area (Å²) < 4.78 is 20.9. The van der Waals surface area contributed by atoms with Crippen molar-refractivity contribution in [2.45, 2.75) is 12.6 Å². The average molecular weight is 344 g/mol. The molecule has 1 atom stereocenters. The predicted octanol–water partition coefficient (Wildman–Crippen LogP) is 1.38. The molecule has 2 heterocycles. The fourth-order valence-corrected chi connectivity index (χ4v) is 2.46. The van der Waals surface area contributed by atoms with Gasteiger partial charge in [0.2, 0.25) is 0 Å². The zero-order valence-electron chi connectivity index (χ0n) is 10.9. The van der Waals surface area contributed by atoms with Gasteiger partial charge in [-0.1, -0.05) is 0 Å². The average Bonchev–Trinajstić information content (AvgIpc) is 2.79. The monoisotopic (exact) mass is 343 g/mol. The number of hydrazine groups is 1. The lowest BCUT2D eigenvalue weighted by molar-refractivity contribution is 0.182. The first kappa shape index (κ1) is 15.0. The number of methoxy groups -OCH3 is 1. The number of ether oxygens (including phenoxy) is 1. The van der Waals surface area contributed by atoms with Crippen LogP contribution >= 0.6 is 15.9 Å². The van der Waals surface area contributed by atoms with Crippen molar-refractivity contribution in [2.24, 2.45) is 5.84 Å². The van der Waals surface area contributed by atoms with Gasteiger partial charge in [0, 0.05) is 13.3 Å². The summed E-state index contributed by atoms with van der Waals surface area (Å²) in [4.78, 5) is 3.84. The summed E-state index contributed by atoms with van der Waals surface area (Å²) in [5.41, 5.74) is 4.07. The highest BCUT2D eigenvalue weighted by Gasteiger charge is 2.21. The molecule has 0 saturated carbocycles. The van der Waals surface area contributed by atoms with E-state index >= 15 is 0 Å². The first-order valence-corrected chi connectivity index (χ1v) is 6.73. The van der Waals surface area contributed by atoms with Crippen molar-refractivity contribution in [3.05, 3.63) is 46.2 Å². The van der Waals surface area contributed by atoms with Crippen LogP contribution in [0.5, 0.6) is 0 Å². The summed E-state index contributed by atoms with van der Waals surface area (Å²) in [6.07, 6.45) is 4.38. The third-order valence-electron chi connectivity index (χ3n) is 2.84. The Balaban J connectivity index is 2.38. The molecule has 8 heteroatoms. The zero-order valence-corrected chi connectivity index (χ0v) is 12.5. The van der Waals surface area contributed by atoms with Crippen molar-refractivity contribution >= 4 is 15.9 Å². The second-order valence-electron chi connectivity index (χ2n) is 4.13. The van der Waals surface area contributed by atoms with Crippen molar-refractivity contribution in [1.82, 2.24) is 20.2 Å². The largest absolute Gasteiger partial charge is 0.383 e. The Morgan fingerprint density at radius 2 is 2.30 bits per heavy atom. The molecule has 6 nitrogen and oxygen atoms in total. The second kappa shape index (κ2) is 6.89. The van der Waals surface area contributed by atoms with Crippen LogP contribution in [0.25, 0.3) is 0 Å². The number of hydrogen-bond acceptors (Lipinski definition) is 5. The molecule has 2 rings (SSSR count). The van der Waals surface area contributed by atoms with Gasteiger partial charge in [0.25, 0.3) is 0 Å². The van der Waals surface area contributed by atoms with E-state index in [1.165, 1.54) is 6.07 Å². The van der Waals surface area contributed by atoms with Crippen LogP contribution in [-0.4, -0.2) is 28.5 Å². The van der Waals surface area contributed by atoms with E-state index in [4.69, 9.17) is 10.6 Å². The Bertz CT molecular complexity index is 577. The van der Waals surface area contributed by atoms with E-state index < -0.39 is 11.9 Å². The number of nitrogens with zero attached hydrogens (tertiary/aromatic N) is 3. The molecule has 0 aliphatic heterocycles.